The van der Waals surface area contributed by atoms with Gasteiger partial charge >= 0.3 is 0 Å². The van der Waals surface area contributed by atoms with Crippen LogP contribution in [0.5, 0.6) is 0 Å². The third-order valence-electron chi connectivity index (χ3n) is 3.71. The number of nitrogens with one attached hydrogen (secondary N) is 1. The van der Waals surface area contributed by atoms with Crippen molar-refractivity contribution in [1.82, 2.24) is 5.32 Å². The van der Waals surface area contributed by atoms with E-state index in [9.17, 15) is 5.11 Å². The van der Waals surface area contributed by atoms with Gasteiger partial charge in [-0.3, -0.25) is 0 Å². The second-order valence-electron chi connectivity index (χ2n) is 4.75. The first-order chi connectivity index (χ1) is 7.24. The average Bonchev–Trinajstić information content (AvgIpc) is 2.30. The molecule has 0 spiro atoms. The number of hydrogen-bond donors (Lipinski definition) is 3. The van der Waals surface area contributed by atoms with Crippen molar-refractivity contribution in [2.75, 3.05) is 19.8 Å². The molecule has 0 bridgehead atoms. The number of hydrogen-bond acceptors (Lipinski definition) is 4. The van der Waals surface area contributed by atoms with Crippen molar-refractivity contribution in [3.8, 4) is 0 Å². The van der Waals surface area contributed by atoms with Crippen LogP contribution < -0.4 is 5.32 Å². The molecule has 2 saturated heterocycles. The first kappa shape index (κ1) is 11.3. The SMILES string of the molecule is OCC1CCCC(C2(O)CCOCC2)N1. The summed E-state index contributed by atoms with van der Waals surface area (Å²) in [5, 5.41) is 23.0. The first-order valence-corrected chi connectivity index (χ1v) is 5.92. The minimum Gasteiger partial charge on any atom is -0.395 e. The van der Waals surface area contributed by atoms with Crippen LogP contribution >= 0.6 is 0 Å². The number of rotatable bonds is 2. The van der Waals surface area contributed by atoms with Gasteiger partial charge in [0.15, 0.2) is 0 Å². The Hall–Kier alpha value is -0.160. The predicted molar refractivity (Wildman–Crippen MR) is 56.7 cm³/mol. The number of aliphatic hydroxyl groups is 2. The van der Waals surface area contributed by atoms with E-state index >= 15 is 0 Å². The Morgan fingerprint density at radius 3 is 2.67 bits per heavy atom. The summed E-state index contributed by atoms with van der Waals surface area (Å²) >= 11 is 0. The number of ether oxygens (including phenoxy) is 1. The van der Waals surface area contributed by atoms with Gasteiger partial charge < -0.3 is 20.3 Å². The second-order valence-corrected chi connectivity index (χ2v) is 4.75. The molecule has 15 heavy (non-hydrogen) atoms. The molecule has 2 fully saturated rings. The van der Waals surface area contributed by atoms with E-state index in [1.165, 1.54) is 0 Å². The Morgan fingerprint density at radius 1 is 1.27 bits per heavy atom. The molecular formula is C11H21NO3. The van der Waals surface area contributed by atoms with Crippen LogP contribution in [0.15, 0.2) is 0 Å². The van der Waals surface area contributed by atoms with E-state index in [2.05, 4.69) is 5.32 Å². The molecule has 4 nitrogen and oxygen atoms in total. The van der Waals surface area contributed by atoms with E-state index in [4.69, 9.17) is 9.84 Å². The molecule has 3 N–H and O–H groups in total. The van der Waals surface area contributed by atoms with Crippen molar-refractivity contribution in [2.45, 2.75) is 49.8 Å². The lowest BCUT2D eigenvalue weighted by atomic mass is 9.81. The van der Waals surface area contributed by atoms with E-state index in [0.29, 0.717) is 26.1 Å². The Balaban J connectivity index is 1.95. The maximum atomic E-state index is 10.5. The highest BCUT2D eigenvalue weighted by Crippen LogP contribution is 2.29. The number of piperidine rings is 1. The largest absolute Gasteiger partial charge is 0.395 e. The van der Waals surface area contributed by atoms with Crippen LogP contribution in [0, 0.1) is 0 Å². The Labute approximate surface area is 90.6 Å². The molecule has 2 heterocycles. The fraction of sp³-hybridized carbons (Fsp3) is 1.00. The molecule has 0 radical (unpaired) electrons. The molecular weight excluding hydrogens is 194 g/mol. The maximum absolute atomic E-state index is 10.5. The first-order valence-electron chi connectivity index (χ1n) is 5.92. The molecule has 88 valence electrons. The Kier molecular flexibility index (Phi) is 3.61. The zero-order valence-electron chi connectivity index (χ0n) is 9.11. The van der Waals surface area contributed by atoms with Crippen LogP contribution in [0.3, 0.4) is 0 Å². The van der Waals surface area contributed by atoms with Gasteiger partial charge in [0.2, 0.25) is 0 Å². The molecule has 2 unspecified atom stereocenters. The van der Waals surface area contributed by atoms with Crippen LogP contribution in [0.1, 0.15) is 32.1 Å². The Morgan fingerprint density at radius 2 is 2.00 bits per heavy atom. The van der Waals surface area contributed by atoms with Gasteiger partial charge in [0.05, 0.1) is 12.2 Å². The second kappa shape index (κ2) is 4.78. The molecule has 0 aliphatic carbocycles. The van der Waals surface area contributed by atoms with E-state index in [0.717, 1.165) is 19.3 Å². The summed E-state index contributed by atoms with van der Waals surface area (Å²) in [6.45, 7) is 1.47. The lowest BCUT2D eigenvalue weighted by Gasteiger charge is -2.43. The van der Waals surface area contributed by atoms with Crippen molar-refractivity contribution < 1.29 is 14.9 Å². The predicted octanol–water partition coefficient (Wildman–Crippen LogP) is 0.0309. The third kappa shape index (κ3) is 2.50. The molecule has 2 aliphatic rings. The fourth-order valence-electron chi connectivity index (χ4n) is 2.66. The van der Waals surface area contributed by atoms with Gasteiger partial charge in [0, 0.05) is 38.1 Å². The monoisotopic (exact) mass is 215 g/mol. The topological polar surface area (TPSA) is 61.7 Å². The van der Waals surface area contributed by atoms with Gasteiger partial charge in [0.1, 0.15) is 0 Å². The number of aliphatic hydroxyl groups excluding tert-OH is 1. The van der Waals surface area contributed by atoms with Crippen molar-refractivity contribution in [2.24, 2.45) is 0 Å². The summed E-state index contributed by atoms with van der Waals surface area (Å²) in [5.41, 5.74) is -0.619. The standard InChI is InChI=1S/C11H21NO3/c13-8-9-2-1-3-10(12-9)11(14)4-6-15-7-5-11/h9-10,12-14H,1-8H2. The van der Waals surface area contributed by atoms with Crippen molar-refractivity contribution in [1.29, 1.82) is 0 Å². The van der Waals surface area contributed by atoms with Crippen LogP contribution in [-0.4, -0.2) is 47.7 Å². The van der Waals surface area contributed by atoms with Crippen LogP contribution in [0.2, 0.25) is 0 Å². The smallest absolute Gasteiger partial charge is 0.0843 e. The highest BCUT2D eigenvalue weighted by atomic mass is 16.5. The zero-order chi connectivity index (χ0) is 10.7. The van der Waals surface area contributed by atoms with E-state index < -0.39 is 5.60 Å². The summed E-state index contributed by atoms with van der Waals surface area (Å²) in [4.78, 5) is 0. The third-order valence-corrected chi connectivity index (χ3v) is 3.71. The van der Waals surface area contributed by atoms with Gasteiger partial charge in [0.25, 0.3) is 0 Å². The van der Waals surface area contributed by atoms with Crippen LogP contribution in [0.25, 0.3) is 0 Å². The van der Waals surface area contributed by atoms with Gasteiger partial charge in [-0.1, -0.05) is 6.42 Å². The lowest BCUT2D eigenvalue weighted by molar-refractivity contribution is -0.0937. The van der Waals surface area contributed by atoms with Crippen molar-refractivity contribution >= 4 is 0 Å². The minimum absolute atomic E-state index is 0.132. The van der Waals surface area contributed by atoms with Gasteiger partial charge in [-0.2, -0.15) is 0 Å². The molecule has 0 amide bonds. The molecule has 2 atom stereocenters. The molecule has 2 aliphatic heterocycles. The normalized spacial score (nSPS) is 36.4. The van der Waals surface area contributed by atoms with E-state index in [1.807, 2.05) is 0 Å². The summed E-state index contributed by atoms with van der Waals surface area (Å²) in [5.74, 6) is 0. The summed E-state index contributed by atoms with van der Waals surface area (Å²) in [6.07, 6.45) is 4.53. The summed E-state index contributed by atoms with van der Waals surface area (Å²) in [7, 11) is 0. The molecule has 0 aromatic heterocycles. The van der Waals surface area contributed by atoms with Crippen molar-refractivity contribution in [3.63, 3.8) is 0 Å². The van der Waals surface area contributed by atoms with Gasteiger partial charge in [-0.15, -0.1) is 0 Å². The molecule has 2 rings (SSSR count). The maximum Gasteiger partial charge on any atom is 0.0843 e. The van der Waals surface area contributed by atoms with Gasteiger partial charge in [-0.05, 0) is 12.8 Å². The van der Waals surface area contributed by atoms with E-state index in [-0.39, 0.29) is 18.7 Å². The summed E-state index contributed by atoms with van der Waals surface area (Å²) < 4.78 is 5.27. The van der Waals surface area contributed by atoms with Crippen LogP contribution in [0.4, 0.5) is 0 Å². The van der Waals surface area contributed by atoms with Crippen molar-refractivity contribution in [3.05, 3.63) is 0 Å². The van der Waals surface area contributed by atoms with Crippen LogP contribution in [-0.2, 0) is 4.74 Å². The summed E-state index contributed by atoms with van der Waals surface area (Å²) in [6, 6.07) is 0.294. The molecule has 0 saturated carbocycles. The van der Waals surface area contributed by atoms with E-state index in [1.54, 1.807) is 0 Å². The highest BCUT2D eigenvalue weighted by molar-refractivity contribution is 4.96. The quantitative estimate of drug-likeness (QED) is 0.608. The molecule has 4 heteroatoms. The van der Waals surface area contributed by atoms with Gasteiger partial charge in [-0.25, -0.2) is 0 Å². The zero-order valence-corrected chi connectivity index (χ0v) is 9.11. The fourth-order valence-corrected chi connectivity index (χ4v) is 2.66. The minimum atomic E-state index is -0.619. The lowest BCUT2D eigenvalue weighted by Crippen LogP contribution is -2.58. The molecule has 0 aromatic rings. The highest BCUT2D eigenvalue weighted by Gasteiger charge is 2.40. The average molecular weight is 215 g/mol. The Bertz CT molecular complexity index is 204. The molecule has 0 aromatic carbocycles.